The van der Waals surface area contributed by atoms with Crippen molar-refractivity contribution >= 4 is 29.4 Å². The Morgan fingerprint density at radius 2 is 1.89 bits per heavy atom. The highest BCUT2D eigenvalue weighted by Crippen LogP contribution is 2.43. The average Bonchev–Trinajstić information content (AvgIpc) is 3.29. The topological polar surface area (TPSA) is 117 Å². The van der Waals surface area contributed by atoms with Crippen LogP contribution in [0.3, 0.4) is 0 Å². The summed E-state index contributed by atoms with van der Waals surface area (Å²) in [6.45, 7) is 0.235. The minimum Gasteiger partial charge on any atom is -0.481 e. The fraction of sp³-hybridized carbons (Fsp3) is 0.292. The number of aliphatic carboxylic acids is 1. The Morgan fingerprint density at radius 3 is 2.63 bits per heavy atom. The Kier molecular flexibility index (Phi) is 5.19. The van der Waals surface area contributed by atoms with Crippen LogP contribution in [0.1, 0.15) is 12.8 Å². The predicted octanol–water partition coefficient (Wildman–Crippen LogP) is 4.30. The maximum absolute atomic E-state index is 14.3. The molecule has 35 heavy (non-hydrogen) atoms. The van der Waals surface area contributed by atoms with E-state index in [2.05, 4.69) is 30.2 Å². The van der Waals surface area contributed by atoms with E-state index in [1.54, 1.807) is 24.7 Å². The van der Waals surface area contributed by atoms with E-state index in [0.717, 1.165) is 31.5 Å². The molecule has 6 heterocycles. The second-order valence-electron chi connectivity index (χ2n) is 9.31. The number of aromatic amines is 1. The molecule has 2 bridgehead atoms. The number of halogens is 2. The van der Waals surface area contributed by atoms with Gasteiger partial charge in [0.1, 0.15) is 23.8 Å². The van der Waals surface area contributed by atoms with E-state index in [1.165, 1.54) is 12.4 Å². The molecule has 3 saturated heterocycles. The zero-order valence-corrected chi connectivity index (χ0v) is 18.6. The van der Waals surface area contributed by atoms with Crippen molar-refractivity contribution in [2.45, 2.75) is 31.4 Å². The van der Waals surface area contributed by atoms with Crippen molar-refractivity contribution in [1.29, 1.82) is 0 Å². The summed E-state index contributed by atoms with van der Waals surface area (Å²) < 4.78 is 28.3. The quantitative estimate of drug-likeness (QED) is 0.370. The van der Waals surface area contributed by atoms with Crippen molar-refractivity contribution in [2.75, 3.05) is 5.32 Å². The van der Waals surface area contributed by atoms with Gasteiger partial charge in [0.25, 0.3) is 0 Å². The lowest BCUT2D eigenvalue weighted by molar-refractivity contribution is -0.144. The van der Waals surface area contributed by atoms with Crippen LogP contribution in [0, 0.1) is 23.5 Å². The number of benzene rings is 1. The number of carbonyl (C=O) groups is 1. The third-order valence-corrected chi connectivity index (χ3v) is 7.35. The third-order valence-electron chi connectivity index (χ3n) is 7.35. The monoisotopic (exact) mass is 474 g/mol. The second kappa shape index (κ2) is 8.40. The Hall–Kier alpha value is -3.89. The van der Waals surface area contributed by atoms with Crippen LogP contribution < -0.4 is 5.32 Å². The molecule has 0 saturated carbocycles. The number of hydrogen-bond donors (Lipinski definition) is 3. The first-order valence-corrected chi connectivity index (χ1v) is 11.6. The van der Waals surface area contributed by atoms with E-state index in [9.17, 15) is 18.7 Å². The molecular formula is C24H21BF2N6O2. The molecule has 0 amide bonds. The van der Waals surface area contributed by atoms with E-state index < -0.39 is 23.5 Å². The van der Waals surface area contributed by atoms with Gasteiger partial charge >= 0.3 is 5.97 Å². The summed E-state index contributed by atoms with van der Waals surface area (Å²) >= 11 is 0. The van der Waals surface area contributed by atoms with Crippen molar-refractivity contribution in [3.63, 3.8) is 0 Å². The number of aromatic nitrogens is 5. The summed E-state index contributed by atoms with van der Waals surface area (Å²) in [5.41, 5.74) is 1.73. The zero-order valence-electron chi connectivity index (χ0n) is 18.6. The highest BCUT2D eigenvalue weighted by Gasteiger charge is 2.49. The summed E-state index contributed by atoms with van der Waals surface area (Å²) in [6.07, 6.45) is 9.98. The first kappa shape index (κ1) is 21.6. The number of H-pyrrole nitrogens is 1. The number of anilines is 1. The summed E-state index contributed by atoms with van der Waals surface area (Å²) in [5.74, 6) is -2.14. The number of nitrogens with one attached hydrogen (secondary N) is 2. The minimum absolute atomic E-state index is 0.137. The second-order valence-corrected chi connectivity index (χ2v) is 9.31. The van der Waals surface area contributed by atoms with Crippen LogP contribution in [0.25, 0.3) is 33.5 Å². The maximum atomic E-state index is 14.3. The molecule has 3 aromatic heterocycles. The molecule has 3 aliphatic rings. The number of nitrogens with zero attached hydrogens (tertiary/aromatic N) is 4. The molecule has 0 spiro atoms. The molecule has 8 nitrogen and oxygen atoms in total. The van der Waals surface area contributed by atoms with Gasteiger partial charge in [-0.1, -0.05) is 25.5 Å². The van der Waals surface area contributed by atoms with E-state index in [-0.39, 0.29) is 29.9 Å². The number of carboxylic acid groups (broad SMARTS) is 1. The van der Waals surface area contributed by atoms with Crippen molar-refractivity contribution < 1.29 is 18.7 Å². The van der Waals surface area contributed by atoms with Crippen LogP contribution in [0.5, 0.6) is 0 Å². The molecule has 3 N–H and O–H groups in total. The van der Waals surface area contributed by atoms with Gasteiger partial charge < -0.3 is 15.4 Å². The average molecular weight is 474 g/mol. The number of rotatable bonds is 5. The van der Waals surface area contributed by atoms with Gasteiger partial charge in [0.2, 0.25) is 0 Å². The summed E-state index contributed by atoms with van der Waals surface area (Å²) in [5, 5.41) is 13.7. The van der Waals surface area contributed by atoms with Gasteiger partial charge in [0.15, 0.2) is 12.5 Å². The molecule has 2 unspecified atom stereocenters. The van der Waals surface area contributed by atoms with Crippen LogP contribution in [-0.2, 0) is 4.79 Å². The fourth-order valence-corrected chi connectivity index (χ4v) is 5.74. The van der Waals surface area contributed by atoms with Gasteiger partial charge in [-0.25, -0.2) is 28.7 Å². The van der Waals surface area contributed by atoms with Gasteiger partial charge in [0, 0.05) is 53.2 Å². The van der Waals surface area contributed by atoms with Gasteiger partial charge in [-0.2, -0.15) is 0 Å². The molecule has 3 fully saturated rings. The van der Waals surface area contributed by atoms with Crippen molar-refractivity contribution in [1.82, 2.24) is 24.9 Å². The third kappa shape index (κ3) is 3.80. The lowest BCUT2D eigenvalue weighted by Gasteiger charge is -2.45. The van der Waals surface area contributed by atoms with Crippen molar-refractivity contribution in [3.05, 3.63) is 54.8 Å². The fourth-order valence-electron chi connectivity index (χ4n) is 5.74. The molecule has 2 atom stereocenters. The molecule has 11 heteroatoms. The first-order chi connectivity index (χ1) is 17.0. The SMILES string of the molecule is O=C(O)C1C2CCB(CC2)C1Nc1cc(-c2cncnc2)nc(-c2c[nH]c3c(F)cc(F)cc23)n1. The normalized spacial score (nSPS) is 21.4. The smallest absolute Gasteiger partial charge is 0.308 e. The summed E-state index contributed by atoms with van der Waals surface area (Å²) in [6, 6.07) is 3.79. The Bertz CT molecular complexity index is 1420. The lowest BCUT2D eigenvalue weighted by atomic mass is 9.28. The Labute approximate surface area is 199 Å². The lowest BCUT2D eigenvalue weighted by Crippen LogP contribution is -2.56. The van der Waals surface area contributed by atoms with Crippen LogP contribution in [0.15, 0.2) is 43.1 Å². The molecular weight excluding hydrogens is 453 g/mol. The Balaban J connectivity index is 1.47. The highest BCUT2D eigenvalue weighted by atomic mass is 19.1. The number of hydrogen-bond acceptors (Lipinski definition) is 6. The highest BCUT2D eigenvalue weighted by molar-refractivity contribution is 6.62. The van der Waals surface area contributed by atoms with E-state index in [0.29, 0.717) is 28.0 Å². The first-order valence-electron chi connectivity index (χ1n) is 11.6. The summed E-state index contributed by atoms with van der Waals surface area (Å²) in [7, 11) is 0. The molecule has 0 aliphatic carbocycles. The standard InChI is InChI=1S/C24H21BF2N6O2/c26-14-5-15-16(10-30-21(15)17(27)6-14)23-31-18(13-8-28-11-29-9-13)7-19(33-23)32-22-20(24(34)35)12-1-3-25(22)4-2-12/h5-12,20,22,30H,1-4H2,(H,34,35)(H,31,32,33). The van der Waals surface area contributed by atoms with E-state index >= 15 is 0 Å². The van der Waals surface area contributed by atoms with Gasteiger partial charge in [0.05, 0.1) is 17.1 Å². The minimum atomic E-state index is -0.801. The maximum Gasteiger partial charge on any atom is 0.308 e. The summed E-state index contributed by atoms with van der Waals surface area (Å²) in [4.78, 5) is 32.4. The molecule has 7 rings (SSSR count). The van der Waals surface area contributed by atoms with Gasteiger partial charge in [-0.3, -0.25) is 4.79 Å². The molecule has 1 aromatic carbocycles. The van der Waals surface area contributed by atoms with E-state index in [1.807, 2.05) is 0 Å². The number of carboxylic acids is 1. The number of fused-ring (bicyclic) bond motifs is 4. The molecule has 176 valence electrons. The molecule has 0 radical (unpaired) electrons. The van der Waals surface area contributed by atoms with Gasteiger partial charge in [-0.15, -0.1) is 0 Å². The van der Waals surface area contributed by atoms with Crippen molar-refractivity contribution in [3.8, 4) is 22.6 Å². The van der Waals surface area contributed by atoms with Gasteiger partial charge in [-0.05, 0) is 12.0 Å². The molecule has 4 aromatic rings. The molecule has 3 aliphatic heterocycles. The van der Waals surface area contributed by atoms with E-state index in [4.69, 9.17) is 0 Å². The Morgan fingerprint density at radius 1 is 1.11 bits per heavy atom. The predicted molar refractivity (Wildman–Crippen MR) is 127 cm³/mol. The van der Waals surface area contributed by atoms with Crippen LogP contribution in [0.2, 0.25) is 12.6 Å². The largest absolute Gasteiger partial charge is 0.481 e. The van der Waals surface area contributed by atoms with Crippen LogP contribution in [0.4, 0.5) is 14.6 Å². The van der Waals surface area contributed by atoms with Crippen LogP contribution >= 0.6 is 0 Å². The zero-order chi connectivity index (χ0) is 24.1. The van der Waals surface area contributed by atoms with Crippen LogP contribution in [-0.4, -0.2) is 48.6 Å². The van der Waals surface area contributed by atoms with Crippen molar-refractivity contribution in [2.24, 2.45) is 11.8 Å².